The third kappa shape index (κ3) is 4.93. The molecule has 1 N–H and O–H groups in total. The Balaban J connectivity index is 1.23. The van der Waals surface area contributed by atoms with Gasteiger partial charge in [0.1, 0.15) is 6.54 Å². The van der Waals surface area contributed by atoms with Gasteiger partial charge in [-0.25, -0.2) is 4.79 Å². The average Bonchev–Trinajstić information content (AvgIpc) is 3.44. The van der Waals surface area contributed by atoms with E-state index in [1.807, 2.05) is 42.1 Å². The highest BCUT2D eigenvalue weighted by atomic mass is 32.2. The maximum atomic E-state index is 13.6. The van der Waals surface area contributed by atoms with E-state index in [0.29, 0.717) is 11.5 Å². The number of rotatable bonds is 9. The number of hydrogen-bond acceptors (Lipinski definition) is 4. The normalized spacial score (nSPS) is 28.5. The largest absolute Gasteiger partial charge is 0.454 e. The summed E-state index contributed by atoms with van der Waals surface area (Å²) in [5, 5.41) is 11.8. The zero-order valence-corrected chi connectivity index (χ0v) is 20.9. The Labute approximate surface area is 208 Å². The van der Waals surface area contributed by atoms with Crippen LogP contribution in [0.4, 0.5) is 0 Å². The molecule has 3 heterocycles. The summed E-state index contributed by atoms with van der Waals surface area (Å²) in [6.07, 6.45) is 7.24. The minimum Gasteiger partial charge on any atom is -0.454 e. The molecular weight excluding hydrogens is 442 g/mol. The summed E-state index contributed by atoms with van der Waals surface area (Å²) in [6, 6.07) is 20.1. The number of esters is 1. The van der Waals surface area contributed by atoms with Crippen LogP contribution in [-0.2, 0) is 15.1 Å². The number of hydrogen-bond donors (Lipinski definition) is 1. The van der Waals surface area contributed by atoms with Crippen LogP contribution in [-0.4, -0.2) is 53.6 Å². The van der Waals surface area contributed by atoms with Crippen LogP contribution >= 0.6 is 11.8 Å². The molecule has 5 heteroatoms. The van der Waals surface area contributed by atoms with Crippen molar-refractivity contribution in [1.82, 2.24) is 0 Å². The second kappa shape index (κ2) is 10.4. The van der Waals surface area contributed by atoms with Crippen LogP contribution in [0, 0.1) is 11.8 Å². The fourth-order valence-corrected chi connectivity index (χ4v) is 7.42. The number of fused-ring (bicyclic) bond motifs is 3. The molecular formula is C29H38NO3S+. The van der Waals surface area contributed by atoms with E-state index in [2.05, 4.69) is 30.3 Å². The van der Waals surface area contributed by atoms with Crippen molar-refractivity contribution >= 4 is 17.7 Å². The maximum absolute atomic E-state index is 13.6. The Hall–Kier alpha value is -1.82. The van der Waals surface area contributed by atoms with Crippen LogP contribution in [0.1, 0.15) is 50.5 Å². The van der Waals surface area contributed by atoms with E-state index >= 15 is 0 Å². The van der Waals surface area contributed by atoms with Gasteiger partial charge in [-0.15, -0.1) is 11.8 Å². The van der Waals surface area contributed by atoms with Gasteiger partial charge in [-0.3, -0.25) is 0 Å². The van der Waals surface area contributed by atoms with Gasteiger partial charge in [0.25, 0.3) is 0 Å². The van der Waals surface area contributed by atoms with Crippen molar-refractivity contribution in [3.63, 3.8) is 0 Å². The zero-order chi connectivity index (χ0) is 23.4. The molecule has 4 aliphatic rings. The number of benzene rings is 2. The fourth-order valence-electron chi connectivity index (χ4n) is 6.56. The van der Waals surface area contributed by atoms with Crippen molar-refractivity contribution in [3.05, 3.63) is 66.2 Å². The van der Waals surface area contributed by atoms with Gasteiger partial charge >= 0.3 is 5.97 Å². The number of carbonyl (C=O) groups excluding carboxylic acids is 1. The van der Waals surface area contributed by atoms with Crippen LogP contribution < -0.4 is 0 Å². The highest BCUT2D eigenvalue weighted by molar-refractivity contribution is 7.99. The van der Waals surface area contributed by atoms with E-state index in [1.165, 1.54) is 24.4 Å². The van der Waals surface area contributed by atoms with Gasteiger partial charge in [0, 0.05) is 41.7 Å². The van der Waals surface area contributed by atoms with Crippen LogP contribution in [0.5, 0.6) is 0 Å². The first-order valence-corrected chi connectivity index (χ1v) is 14.1. The van der Waals surface area contributed by atoms with Crippen molar-refractivity contribution < 1.29 is 19.1 Å². The van der Waals surface area contributed by atoms with Gasteiger partial charge in [0.05, 0.1) is 19.6 Å². The molecule has 0 aromatic heterocycles. The molecule has 1 aliphatic carbocycles. The van der Waals surface area contributed by atoms with Crippen LogP contribution in [0.25, 0.3) is 0 Å². The second-order valence-electron chi connectivity index (χ2n) is 10.6. The molecule has 3 aliphatic heterocycles. The van der Waals surface area contributed by atoms with E-state index in [-0.39, 0.29) is 12.0 Å². The lowest BCUT2D eigenvalue weighted by Gasteiger charge is -2.52. The molecule has 1 saturated carbocycles. The summed E-state index contributed by atoms with van der Waals surface area (Å²) in [5.74, 6) is 1.09. The average molecular weight is 481 g/mol. The molecule has 1 unspecified atom stereocenters. The molecule has 2 aromatic rings. The molecule has 0 radical (unpaired) electrons. The molecule has 0 spiro atoms. The third-order valence-electron chi connectivity index (χ3n) is 8.56. The van der Waals surface area contributed by atoms with Crippen molar-refractivity contribution in [2.75, 3.05) is 31.9 Å². The molecule has 3 saturated heterocycles. The highest BCUT2D eigenvalue weighted by Gasteiger charge is 2.52. The molecule has 2 bridgehead atoms. The zero-order valence-electron chi connectivity index (χ0n) is 20.1. The van der Waals surface area contributed by atoms with Crippen molar-refractivity contribution in [1.29, 1.82) is 0 Å². The van der Waals surface area contributed by atoms with E-state index in [4.69, 9.17) is 4.74 Å². The van der Waals surface area contributed by atoms with Crippen LogP contribution in [0.2, 0.25) is 0 Å². The van der Waals surface area contributed by atoms with Crippen LogP contribution in [0.15, 0.2) is 65.6 Å². The molecule has 2 aromatic carbocycles. The predicted molar refractivity (Wildman–Crippen MR) is 136 cm³/mol. The lowest BCUT2D eigenvalue weighted by Crippen LogP contribution is -2.65. The smallest absolute Gasteiger partial charge is 0.343 e. The number of quaternary nitrogens is 1. The van der Waals surface area contributed by atoms with E-state index in [0.717, 1.165) is 61.9 Å². The summed E-state index contributed by atoms with van der Waals surface area (Å²) in [7, 11) is 0. The monoisotopic (exact) mass is 480 g/mol. The highest BCUT2D eigenvalue weighted by Crippen LogP contribution is 2.43. The number of nitrogens with zero attached hydrogens (tertiary/aromatic N) is 1. The van der Waals surface area contributed by atoms with Crippen molar-refractivity contribution in [2.45, 2.75) is 61.5 Å². The summed E-state index contributed by atoms with van der Waals surface area (Å²) in [4.78, 5) is 15.0. The number of thioether (sulfide) groups is 1. The summed E-state index contributed by atoms with van der Waals surface area (Å²) >= 11 is 1.93. The molecule has 182 valence electrons. The molecule has 2 atom stereocenters. The van der Waals surface area contributed by atoms with E-state index in [9.17, 15) is 9.90 Å². The molecule has 6 rings (SSSR count). The molecule has 34 heavy (non-hydrogen) atoms. The number of carbonyl (C=O) groups is 1. The van der Waals surface area contributed by atoms with Gasteiger partial charge in [0.2, 0.25) is 0 Å². The van der Waals surface area contributed by atoms with Crippen LogP contribution in [0.3, 0.4) is 0 Å². The minimum absolute atomic E-state index is 0.0540. The summed E-state index contributed by atoms with van der Waals surface area (Å²) < 4.78 is 7.31. The predicted octanol–water partition coefficient (Wildman–Crippen LogP) is 5.40. The number of aliphatic hydroxyl groups is 1. The number of piperidine rings is 3. The van der Waals surface area contributed by atoms with Gasteiger partial charge in [-0.1, -0.05) is 61.4 Å². The fraction of sp³-hybridized carbons (Fsp3) is 0.552. The summed E-state index contributed by atoms with van der Waals surface area (Å²) in [5.41, 5.74) is -0.837. The topological polar surface area (TPSA) is 46.5 Å². The Morgan fingerprint density at radius 1 is 0.971 bits per heavy atom. The minimum atomic E-state index is -1.53. The first kappa shape index (κ1) is 23.9. The van der Waals surface area contributed by atoms with Gasteiger partial charge in [-0.2, -0.15) is 0 Å². The Bertz CT molecular complexity index is 938. The van der Waals surface area contributed by atoms with E-state index < -0.39 is 11.6 Å². The quantitative estimate of drug-likeness (QED) is 0.226. The number of ether oxygens (including phenoxy) is 1. The Kier molecular flexibility index (Phi) is 7.33. The maximum Gasteiger partial charge on any atom is 0.343 e. The Morgan fingerprint density at radius 2 is 1.62 bits per heavy atom. The van der Waals surface area contributed by atoms with Gasteiger partial charge in [0.15, 0.2) is 11.7 Å². The third-order valence-corrected chi connectivity index (χ3v) is 9.66. The second-order valence-corrected chi connectivity index (χ2v) is 11.8. The Morgan fingerprint density at radius 3 is 2.29 bits per heavy atom. The summed E-state index contributed by atoms with van der Waals surface area (Å²) in [6.45, 7) is 4.44. The van der Waals surface area contributed by atoms with Crippen molar-refractivity contribution in [2.24, 2.45) is 11.8 Å². The first-order chi connectivity index (χ1) is 16.6. The first-order valence-electron chi connectivity index (χ1n) is 13.1. The van der Waals surface area contributed by atoms with E-state index in [1.54, 1.807) is 0 Å². The molecule has 4 fully saturated rings. The standard InChI is InChI=1S/C29H38NO3S/c31-28(29(32,25-12-7-8-13-25)24-10-3-1-4-11-24)33-27-22-30(19-16-23(27)17-20-30)18-9-21-34-26-14-5-2-6-15-26/h1-6,10-11,14-15,23,25,27,32H,7-9,12-13,16-22H2/q+1/t23?,27?,29-,30?/m0/s1. The SMILES string of the molecule is O=C(OC1C[N+]2(CCCSc3ccccc3)CCC1CC2)[C@](O)(c1ccccc1)C1CCCC1. The molecule has 4 nitrogen and oxygen atoms in total. The lowest BCUT2D eigenvalue weighted by atomic mass is 9.79. The van der Waals surface area contributed by atoms with Gasteiger partial charge in [-0.05, 0) is 30.5 Å². The van der Waals surface area contributed by atoms with Crippen molar-refractivity contribution in [3.8, 4) is 0 Å². The van der Waals surface area contributed by atoms with Gasteiger partial charge < -0.3 is 14.3 Å². The lowest BCUT2D eigenvalue weighted by molar-refractivity contribution is -0.946. The molecule has 0 amide bonds.